The van der Waals surface area contributed by atoms with E-state index in [1.54, 1.807) is 0 Å². The van der Waals surface area contributed by atoms with Crippen molar-refractivity contribution in [2.45, 2.75) is 0 Å². The third-order valence-corrected chi connectivity index (χ3v) is 2.73. The van der Waals surface area contributed by atoms with Gasteiger partial charge in [-0.05, 0) is 35.4 Å². The van der Waals surface area contributed by atoms with Crippen molar-refractivity contribution < 1.29 is 10.2 Å². The molecule has 0 aliphatic rings. The van der Waals surface area contributed by atoms with Crippen LogP contribution in [-0.2, 0) is 0 Å². The monoisotopic (exact) mass is 262 g/mol. The fraction of sp³-hybridized carbons (Fsp3) is 0.111. The van der Waals surface area contributed by atoms with Crippen molar-refractivity contribution in [1.29, 1.82) is 0 Å². The summed E-state index contributed by atoms with van der Waals surface area (Å²) < 4.78 is 0. The molecule has 2 heteroatoms. The maximum Gasteiger partial charge on any atom is 0.104 e. The van der Waals surface area contributed by atoms with E-state index in [0.717, 1.165) is 22.3 Å². The summed E-state index contributed by atoms with van der Waals surface area (Å²) in [5.41, 5.74) is 3.96. The van der Waals surface area contributed by atoms with Gasteiger partial charge in [0.25, 0.3) is 0 Å². The Bertz CT molecular complexity index is 611. The van der Waals surface area contributed by atoms with Gasteiger partial charge >= 0.3 is 0 Å². The summed E-state index contributed by atoms with van der Waals surface area (Å²) in [5.74, 6) is 11.0. The topological polar surface area (TPSA) is 40.5 Å². The lowest BCUT2D eigenvalue weighted by Gasteiger charge is -2.02. The van der Waals surface area contributed by atoms with Gasteiger partial charge in [-0.15, -0.1) is 0 Å². The molecule has 0 unspecified atom stereocenters. The third-order valence-electron chi connectivity index (χ3n) is 2.73. The minimum atomic E-state index is -0.127. The minimum Gasteiger partial charge on any atom is -0.384 e. The first-order valence-electron chi connectivity index (χ1n) is 6.23. The van der Waals surface area contributed by atoms with Crippen molar-refractivity contribution in [2.75, 3.05) is 13.2 Å². The molecule has 0 atom stereocenters. The summed E-state index contributed by atoms with van der Waals surface area (Å²) in [5, 5.41) is 17.3. The molecule has 0 saturated heterocycles. The van der Waals surface area contributed by atoms with Gasteiger partial charge in [0.05, 0.1) is 0 Å². The fourth-order valence-electron chi connectivity index (χ4n) is 1.78. The second-order valence-corrected chi connectivity index (χ2v) is 4.07. The standard InChI is InChI=1S/C18H14O2/c19-13-1-3-15-5-9-17(10-6-15)18-11-7-16(8-12-18)4-2-14-20/h5-12,19-20H,13-14H2. The highest BCUT2D eigenvalue weighted by molar-refractivity contribution is 5.65. The molecule has 2 aromatic rings. The van der Waals surface area contributed by atoms with Crippen LogP contribution in [0.2, 0.25) is 0 Å². The number of rotatable bonds is 1. The predicted molar refractivity (Wildman–Crippen MR) is 79.8 cm³/mol. The highest BCUT2D eigenvalue weighted by Crippen LogP contribution is 2.20. The average molecular weight is 262 g/mol. The van der Waals surface area contributed by atoms with Crippen molar-refractivity contribution in [3.8, 4) is 34.8 Å². The molecule has 2 aromatic carbocycles. The first-order valence-corrected chi connectivity index (χ1v) is 6.23. The summed E-state index contributed by atoms with van der Waals surface area (Å²) in [6, 6.07) is 15.7. The summed E-state index contributed by atoms with van der Waals surface area (Å²) in [6.45, 7) is -0.254. The molecule has 0 fully saturated rings. The molecule has 20 heavy (non-hydrogen) atoms. The normalized spacial score (nSPS) is 9.10. The average Bonchev–Trinajstić information content (AvgIpc) is 2.52. The van der Waals surface area contributed by atoms with Gasteiger partial charge in [0.15, 0.2) is 0 Å². The van der Waals surface area contributed by atoms with Crippen LogP contribution < -0.4 is 0 Å². The smallest absolute Gasteiger partial charge is 0.104 e. The molecule has 0 radical (unpaired) electrons. The second kappa shape index (κ2) is 7.16. The van der Waals surface area contributed by atoms with Crippen molar-refractivity contribution in [3.05, 3.63) is 59.7 Å². The molecular weight excluding hydrogens is 248 g/mol. The predicted octanol–water partition coefficient (Wildman–Crippen LogP) is 2.04. The Morgan fingerprint density at radius 3 is 1.25 bits per heavy atom. The van der Waals surface area contributed by atoms with Gasteiger partial charge in [-0.25, -0.2) is 0 Å². The van der Waals surface area contributed by atoms with E-state index < -0.39 is 0 Å². The highest BCUT2D eigenvalue weighted by atomic mass is 16.3. The van der Waals surface area contributed by atoms with E-state index in [9.17, 15) is 0 Å². The van der Waals surface area contributed by atoms with Gasteiger partial charge in [0.2, 0.25) is 0 Å². The van der Waals surface area contributed by atoms with Crippen LogP contribution in [0.3, 0.4) is 0 Å². The van der Waals surface area contributed by atoms with Gasteiger partial charge in [0, 0.05) is 11.1 Å². The number of hydrogen-bond acceptors (Lipinski definition) is 2. The van der Waals surface area contributed by atoms with Gasteiger partial charge in [-0.2, -0.15) is 0 Å². The quantitative estimate of drug-likeness (QED) is 0.772. The molecule has 0 bridgehead atoms. The van der Waals surface area contributed by atoms with Gasteiger partial charge in [0.1, 0.15) is 13.2 Å². The summed E-state index contributed by atoms with van der Waals surface area (Å²) in [6.07, 6.45) is 0. The molecule has 0 aliphatic heterocycles. The number of benzene rings is 2. The van der Waals surface area contributed by atoms with Crippen LogP contribution in [0.1, 0.15) is 11.1 Å². The maximum atomic E-state index is 8.65. The molecule has 2 nitrogen and oxygen atoms in total. The lowest BCUT2D eigenvalue weighted by molar-refractivity contribution is 0.350. The zero-order chi connectivity index (χ0) is 14.2. The van der Waals surface area contributed by atoms with E-state index in [-0.39, 0.29) is 13.2 Å². The Kier molecular flexibility index (Phi) is 4.98. The number of aliphatic hydroxyl groups is 2. The molecular formula is C18H14O2. The zero-order valence-corrected chi connectivity index (χ0v) is 10.9. The van der Waals surface area contributed by atoms with Gasteiger partial charge < -0.3 is 10.2 Å². The molecule has 98 valence electrons. The Morgan fingerprint density at radius 2 is 0.950 bits per heavy atom. The molecule has 0 spiro atoms. The van der Waals surface area contributed by atoms with Crippen LogP contribution in [0.15, 0.2) is 48.5 Å². The number of hydrogen-bond donors (Lipinski definition) is 2. The van der Waals surface area contributed by atoms with Crippen molar-refractivity contribution in [1.82, 2.24) is 0 Å². The lowest BCUT2D eigenvalue weighted by atomic mass is 10.0. The third kappa shape index (κ3) is 3.73. The fourth-order valence-corrected chi connectivity index (χ4v) is 1.78. The first kappa shape index (κ1) is 13.9. The molecule has 0 saturated carbocycles. The summed E-state index contributed by atoms with van der Waals surface area (Å²) in [4.78, 5) is 0. The Labute approximate surface area is 118 Å². The van der Waals surface area contributed by atoms with Crippen molar-refractivity contribution >= 4 is 0 Å². The van der Waals surface area contributed by atoms with Gasteiger partial charge in [-0.3, -0.25) is 0 Å². The molecule has 2 rings (SSSR count). The summed E-state index contributed by atoms with van der Waals surface area (Å²) >= 11 is 0. The van der Waals surface area contributed by atoms with E-state index in [4.69, 9.17) is 10.2 Å². The summed E-state index contributed by atoms with van der Waals surface area (Å²) in [7, 11) is 0. The Morgan fingerprint density at radius 1 is 0.600 bits per heavy atom. The van der Waals surface area contributed by atoms with E-state index in [0.29, 0.717) is 0 Å². The second-order valence-electron chi connectivity index (χ2n) is 4.07. The first-order chi connectivity index (χ1) is 9.83. The molecule has 0 heterocycles. The van der Waals surface area contributed by atoms with Gasteiger partial charge in [-0.1, -0.05) is 47.9 Å². The van der Waals surface area contributed by atoms with Crippen molar-refractivity contribution in [3.63, 3.8) is 0 Å². The molecule has 0 aliphatic carbocycles. The Balaban J connectivity index is 2.19. The van der Waals surface area contributed by atoms with Crippen LogP contribution >= 0.6 is 0 Å². The van der Waals surface area contributed by atoms with Crippen LogP contribution in [0, 0.1) is 23.7 Å². The van der Waals surface area contributed by atoms with Crippen LogP contribution in [0.25, 0.3) is 11.1 Å². The van der Waals surface area contributed by atoms with Crippen LogP contribution in [0.5, 0.6) is 0 Å². The van der Waals surface area contributed by atoms with Crippen LogP contribution in [0.4, 0.5) is 0 Å². The highest BCUT2D eigenvalue weighted by Gasteiger charge is 1.97. The van der Waals surface area contributed by atoms with Crippen LogP contribution in [-0.4, -0.2) is 23.4 Å². The number of aliphatic hydroxyl groups excluding tert-OH is 2. The minimum absolute atomic E-state index is 0.127. The SMILES string of the molecule is OCC#Cc1ccc(-c2ccc(C#CCO)cc2)cc1. The largest absolute Gasteiger partial charge is 0.384 e. The van der Waals surface area contributed by atoms with E-state index in [1.165, 1.54) is 0 Å². The Hall–Kier alpha value is -2.52. The van der Waals surface area contributed by atoms with Crippen molar-refractivity contribution in [2.24, 2.45) is 0 Å². The lowest BCUT2D eigenvalue weighted by Crippen LogP contribution is -1.81. The maximum absolute atomic E-state index is 8.65. The van der Waals surface area contributed by atoms with E-state index in [1.807, 2.05) is 48.5 Å². The van der Waals surface area contributed by atoms with E-state index in [2.05, 4.69) is 23.7 Å². The molecule has 2 N–H and O–H groups in total. The molecule has 0 amide bonds. The van der Waals surface area contributed by atoms with E-state index >= 15 is 0 Å². The zero-order valence-electron chi connectivity index (χ0n) is 10.9. The molecule has 0 aromatic heterocycles.